The summed E-state index contributed by atoms with van der Waals surface area (Å²) in [6, 6.07) is 2.21. The van der Waals surface area contributed by atoms with Crippen LogP contribution in [0.1, 0.15) is 15.9 Å². The molecule has 0 unspecified atom stereocenters. The normalized spacial score (nSPS) is 11.4. The molecule has 1 aromatic rings. The highest BCUT2D eigenvalue weighted by molar-refractivity contribution is 6.32. The highest BCUT2D eigenvalue weighted by atomic mass is 35.5. The van der Waals surface area contributed by atoms with Crippen LogP contribution in [0.4, 0.5) is 13.2 Å². The van der Waals surface area contributed by atoms with Crippen molar-refractivity contribution in [3.63, 3.8) is 0 Å². The Morgan fingerprint density at radius 2 is 2.06 bits per heavy atom. The van der Waals surface area contributed by atoms with E-state index >= 15 is 0 Å². The number of rotatable bonds is 3. The van der Waals surface area contributed by atoms with Crippen LogP contribution in [0.25, 0.3) is 0 Å². The van der Waals surface area contributed by atoms with Gasteiger partial charge in [-0.2, -0.15) is 13.2 Å². The Balaban J connectivity index is 3.39. The van der Waals surface area contributed by atoms with Crippen molar-refractivity contribution in [2.75, 3.05) is 7.11 Å². The Kier molecular flexibility index (Phi) is 3.87. The third kappa shape index (κ3) is 3.26. The van der Waals surface area contributed by atoms with Gasteiger partial charge in [0.2, 0.25) is 0 Å². The molecule has 0 fully saturated rings. The number of alkyl halides is 3. The van der Waals surface area contributed by atoms with Gasteiger partial charge in [0.15, 0.2) is 0 Å². The van der Waals surface area contributed by atoms with Crippen LogP contribution in [0.3, 0.4) is 0 Å². The van der Waals surface area contributed by atoms with E-state index in [4.69, 9.17) is 21.4 Å². The molecule has 0 atom stereocenters. The quantitative estimate of drug-likeness (QED) is 0.916. The predicted molar refractivity (Wildman–Crippen MR) is 54.7 cm³/mol. The first-order chi connectivity index (χ1) is 7.76. The minimum atomic E-state index is -4.54. The smallest absolute Gasteiger partial charge is 0.393 e. The van der Waals surface area contributed by atoms with Gasteiger partial charge in [0.05, 0.1) is 24.1 Å². The van der Waals surface area contributed by atoms with Crippen molar-refractivity contribution in [1.82, 2.24) is 0 Å². The van der Waals surface area contributed by atoms with Gasteiger partial charge < -0.3 is 9.84 Å². The summed E-state index contributed by atoms with van der Waals surface area (Å²) in [6.07, 6.45) is -5.94. The van der Waals surface area contributed by atoms with Crippen LogP contribution in [0, 0.1) is 0 Å². The maximum absolute atomic E-state index is 12.3. The van der Waals surface area contributed by atoms with Crippen LogP contribution in [0.2, 0.25) is 5.02 Å². The lowest BCUT2D eigenvalue weighted by atomic mass is 10.0. The standard InChI is InChI=1S/C10H8ClF3O3/c1-17-8-6(4-10(12,13)14)5(9(15)16)2-3-7(8)11/h2-3H,4H2,1H3,(H,15,16). The summed E-state index contributed by atoms with van der Waals surface area (Å²) in [5, 5.41) is 8.75. The fourth-order valence-electron chi connectivity index (χ4n) is 1.40. The minimum absolute atomic E-state index is 0.0586. The molecular formula is C10H8ClF3O3. The fraction of sp³-hybridized carbons (Fsp3) is 0.300. The van der Waals surface area contributed by atoms with Gasteiger partial charge >= 0.3 is 12.1 Å². The maximum Gasteiger partial charge on any atom is 0.393 e. The molecule has 0 saturated heterocycles. The van der Waals surface area contributed by atoms with Crippen molar-refractivity contribution >= 4 is 17.6 Å². The van der Waals surface area contributed by atoms with Gasteiger partial charge in [0, 0.05) is 5.56 Å². The van der Waals surface area contributed by atoms with Crippen molar-refractivity contribution < 1.29 is 27.8 Å². The summed E-state index contributed by atoms with van der Waals surface area (Å²) in [7, 11) is 1.13. The van der Waals surface area contributed by atoms with E-state index in [2.05, 4.69) is 0 Å². The summed E-state index contributed by atoms with van der Waals surface area (Å²) >= 11 is 5.65. The zero-order valence-electron chi connectivity index (χ0n) is 8.64. The molecule has 94 valence electrons. The molecule has 1 aromatic carbocycles. The van der Waals surface area contributed by atoms with Crippen molar-refractivity contribution in [2.24, 2.45) is 0 Å². The molecule has 17 heavy (non-hydrogen) atoms. The van der Waals surface area contributed by atoms with E-state index in [0.29, 0.717) is 0 Å². The molecular weight excluding hydrogens is 261 g/mol. The Morgan fingerprint density at radius 3 is 2.47 bits per heavy atom. The number of hydrogen-bond donors (Lipinski definition) is 1. The molecule has 1 rings (SSSR count). The number of halogens is 4. The Labute approximate surface area is 99.8 Å². The number of methoxy groups -OCH3 is 1. The second-order valence-electron chi connectivity index (χ2n) is 3.20. The first-order valence-corrected chi connectivity index (χ1v) is 4.79. The van der Waals surface area contributed by atoms with Gasteiger partial charge in [-0.05, 0) is 12.1 Å². The second-order valence-corrected chi connectivity index (χ2v) is 3.61. The first-order valence-electron chi connectivity index (χ1n) is 4.41. The summed E-state index contributed by atoms with van der Waals surface area (Å²) in [6.45, 7) is 0. The van der Waals surface area contributed by atoms with Crippen molar-refractivity contribution in [2.45, 2.75) is 12.6 Å². The van der Waals surface area contributed by atoms with Crippen molar-refractivity contribution in [3.8, 4) is 5.75 Å². The number of hydrogen-bond acceptors (Lipinski definition) is 2. The minimum Gasteiger partial charge on any atom is -0.495 e. The topological polar surface area (TPSA) is 46.5 Å². The SMILES string of the molecule is COc1c(Cl)ccc(C(=O)O)c1CC(F)(F)F. The average Bonchev–Trinajstić information content (AvgIpc) is 2.15. The van der Waals surface area contributed by atoms with Crippen LogP contribution >= 0.6 is 11.6 Å². The molecule has 0 spiro atoms. The lowest BCUT2D eigenvalue weighted by molar-refractivity contribution is -0.127. The lowest BCUT2D eigenvalue weighted by Gasteiger charge is -2.14. The van der Waals surface area contributed by atoms with E-state index in [0.717, 1.165) is 13.2 Å². The summed E-state index contributed by atoms with van der Waals surface area (Å²) in [5.74, 6) is -1.72. The van der Waals surface area contributed by atoms with Crippen molar-refractivity contribution in [1.29, 1.82) is 0 Å². The lowest BCUT2D eigenvalue weighted by Crippen LogP contribution is -2.16. The molecule has 0 aliphatic rings. The van der Waals surface area contributed by atoms with Gasteiger partial charge in [-0.3, -0.25) is 0 Å². The zero-order chi connectivity index (χ0) is 13.2. The highest BCUT2D eigenvalue weighted by Crippen LogP contribution is 2.35. The largest absolute Gasteiger partial charge is 0.495 e. The van der Waals surface area contributed by atoms with E-state index in [9.17, 15) is 18.0 Å². The maximum atomic E-state index is 12.3. The average molecular weight is 269 g/mol. The molecule has 0 heterocycles. The van der Waals surface area contributed by atoms with Gasteiger partial charge in [-0.15, -0.1) is 0 Å². The van der Waals surface area contributed by atoms with E-state index < -0.39 is 29.7 Å². The molecule has 3 nitrogen and oxygen atoms in total. The highest BCUT2D eigenvalue weighted by Gasteiger charge is 2.32. The van der Waals surface area contributed by atoms with E-state index in [1.807, 2.05) is 0 Å². The zero-order valence-corrected chi connectivity index (χ0v) is 9.39. The molecule has 0 radical (unpaired) electrons. The van der Waals surface area contributed by atoms with Crippen LogP contribution in [-0.4, -0.2) is 24.4 Å². The Bertz CT molecular complexity index is 443. The molecule has 0 aliphatic carbocycles. The molecule has 0 aliphatic heterocycles. The number of carboxylic acids is 1. The van der Waals surface area contributed by atoms with Gasteiger partial charge in [0.25, 0.3) is 0 Å². The van der Waals surface area contributed by atoms with E-state index in [1.165, 1.54) is 6.07 Å². The second kappa shape index (κ2) is 4.83. The fourth-order valence-corrected chi connectivity index (χ4v) is 1.65. The molecule has 0 bridgehead atoms. The Hall–Kier alpha value is -1.43. The summed E-state index contributed by atoms with van der Waals surface area (Å²) in [4.78, 5) is 10.8. The molecule has 7 heteroatoms. The number of carboxylic acid groups (broad SMARTS) is 1. The third-order valence-corrected chi connectivity index (χ3v) is 2.32. The molecule has 0 aromatic heterocycles. The summed E-state index contributed by atoms with van der Waals surface area (Å²) in [5.41, 5.74) is -0.941. The van der Waals surface area contributed by atoms with Gasteiger partial charge in [0.1, 0.15) is 5.75 Å². The van der Waals surface area contributed by atoms with E-state index in [1.54, 1.807) is 0 Å². The monoisotopic (exact) mass is 268 g/mol. The molecule has 0 amide bonds. The number of aromatic carboxylic acids is 1. The third-order valence-electron chi connectivity index (χ3n) is 2.02. The van der Waals surface area contributed by atoms with Crippen LogP contribution < -0.4 is 4.74 Å². The molecule has 1 N–H and O–H groups in total. The van der Waals surface area contributed by atoms with Crippen LogP contribution in [0.15, 0.2) is 12.1 Å². The van der Waals surface area contributed by atoms with Gasteiger partial charge in [-0.25, -0.2) is 4.79 Å². The van der Waals surface area contributed by atoms with E-state index in [-0.39, 0.29) is 10.8 Å². The number of ether oxygens (including phenoxy) is 1. The predicted octanol–water partition coefficient (Wildman–Crippen LogP) is 3.15. The number of benzene rings is 1. The summed E-state index contributed by atoms with van der Waals surface area (Å²) < 4.78 is 41.7. The van der Waals surface area contributed by atoms with Crippen molar-refractivity contribution in [3.05, 3.63) is 28.3 Å². The first kappa shape index (κ1) is 13.6. The molecule has 0 saturated carbocycles. The number of carbonyl (C=O) groups is 1. The van der Waals surface area contributed by atoms with Crippen LogP contribution in [0.5, 0.6) is 5.75 Å². The Morgan fingerprint density at radius 1 is 1.47 bits per heavy atom. The van der Waals surface area contributed by atoms with Gasteiger partial charge in [-0.1, -0.05) is 11.6 Å². The van der Waals surface area contributed by atoms with Crippen LogP contribution in [-0.2, 0) is 6.42 Å².